The number of hydroxylamine groups is 3. The fourth-order valence-electron chi connectivity index (χ4n) is 3.91. The molecule has 10 nitrogen and oxygen atoms in total. The molecule has 208 valence electrons. The van der Waals surface area contributed by atoms with Gasteiger partial charge in [0.15, 0.2) is 0 Å². The third-order valence-electron chi connectivity index (χ3n) is 5.75. The number of fused-ring (bicyclic) bond motifs is 1. The van der Waals surface area contributed by atoms with E-state index in [0.29, 0.717) is 5.75 Å². The molecule has 0 aliphatic heterocycles. The van der Waals surface area contributed by atoms with Gasteiger partial charge in [0.05, 0.1) is 24.5 Å². The third-order valence-corrected chi connectivity index (χ3v) is 5.75. The van der Waals surface area contributed by atoms with Crippen molar-refractivity contribution in [3.63, 3.8) is 0 Å². The summed E-state index contributed by atoms with van der Waals surface area (Å²) in [4.78, 5) is 45.8. The molecule has 2 amide bonds. The maximum absolute atomic E-state index is 13.3. The number of aromatic nitrogens is 1. The lowest BCUT2D eigenvalue weighted by molar-refractivity contribution is -0.235. The van der Waals surface area contributed by atoms with Crippen molar-refractivity contribution in [3.8, 4) is 5.75 Å². The van der Waals surface area contributed by atoms with Crippen LogP contribution in [0.2, 0.25) is 0 Å². The lowest BCUT2D eigenvalue weighted by Crippen LogP contribution is -2.42. The molecule has 0 fully saturated rings. The topological polar surface area (TPSA) is 131 Å². The quantitative estimate of drug-likeness (QED) is 0.233. The van der Waals surface area contributed by atoms with Gasteiger partial charge in [0.25, 0.3) is 5.91 Å². The first-order valence-corrected chi connectivity index (χ1v) is 11.7. The van der Waals surface area contributed by atoms with Crippen molar-refractivity contribution in [2.24, 2.45) is 0 Å². The molecule has 0 bridgehead atoms. The molecule has 0 spiro atoms. The van der Waals surface area contributed by atoms with E-state index in [1.54, 1.807) is 0 Å². The monoisotopic (exact) mass is 557 g/mol. The first-order valence-electron chi connectivity index (χ1n) is 11.7. The zero-order valence-corrected chi connectivity index (χ0v) is 20.8. The summed E-state index contributed by atoms with van der Waals surface area (Å²) in [7, 11) is 0. The highest BCUT2D eigenvalue weighted by Crippen LogP contribution is 2.30. The van der Waals surface area contributed by atoms with Crippen molar-refractivity contribution in [1.82, 2.24) is 15.5 Å². The number of carbonyl (C=O) groups excluding carboxylic acids is 3. The van der Waals surface area contributed by atoms with E-state index >= 15 is 0 Å². The maximum Gasteiger partial charge on any atom is 0.493 e. The van der Waals surface area contributed by atoms with E-state index < -0.39 is 36.4 Å². The SMILES string of the molecule is Cc1cc(COc2ccc(C(=O)N(OC(=O)C(F)(F)F)C(CC(=O)NO)c3ccoc3)cc2)c2ccccc2n1. The molecule has 0 saturated heterocycles. The van der Waals surface area contributed by atoms with E-state index in [1.807, 2.05) is 37.3 Å². The van der Waals surface area contributed by atoms with Gasteiger partial charge >= 0.3 is 12.1 Å². The number of amides is 2. The summed E-state index contributed by atoms with van der Waals surface area (Å²) in [5, 5.41) is 9.96. The largest absolute Gasteiger partial charge is 0.493 e. The molecular formula is C27H22F3N3O7. The fraction of sp³-hybridized carbons (Fsp3) is 0.185. The predicted molar refractivity (Wildman–Crippen MR) is 132 cm³/mol. The minimum Gasteiger partial charge on any atom is -0.489 e. The number of ether oxygens (including phenoxy) is 1. The van der Waals surface area contributed by atoms with Crippen molar-refractivity contribution in [2.75, 3.05) is 0 Å². The number of hydrogen-bond acceptors (Lipinski definition) is 8. The minimum absolute atomic E-state index is 0.0340. The first-order chi connectivity index (χ1) is 19.1. The summed E-state index contributed by atoms with van der Waals surface area (Å²) < 4.78 is 49.9. The van der Waals surface area contributed by atoms with Crippen molar-refractivity contribution < 1.29 is 46.8 Å². The van der Waals surface area contributed by atoms with Crippen LogP contribution >= 0.6 is 0 Å². The summed E-state index contributed by atoms with van der Waals surface area (Å²) in [6, 6.07) is 14.5. The van der Waals surface area contributed by atoms with E-state index in [0.717, 1.165) is 34.7 Å². The molecule has 1 atom stereocenters. The van der Waals surface area contributed by atoms with Crippen LogP contribution in [0.4, 0.5) is 13.2 Å². The van der Waals surface area contributed by atoms with E-state index in [2.05, 4.69) is 9.82 Å². The Morgan fingerprint density at radius 2 is 1.82 bits per heavy atom. The van der Waals surface area contributed by atoms with Gasteiger partial charge in [-0.05, 0) is 49.4 Å². The molecule has 0 aliphatic rings. The number of nitrogens with zero attached hydrogens (tertiary/aromatic N) is 2. The normalized spacial score (nSPS) is 12.0. The highest BCUT2D eigenvalue weighted by Gasteiger charge is 2.45. The Balaban J connectivity index is 1.58. The number of benzene rings is 2. The number of furan rings is 1. The van der Waals surface area contributed by atoms with Crippen LogP contribution in [0, 0.1) is 6.92 Å². The van der Waals surface area contributed by atoms with Crippen LogP contribution in [0.5, 0.6) is 5.75 Å². The standard InChI is InChI=1S/C27H22F3N3O7/c1-16-12-19(21-4-2-3-5-22(21)31-16)15-39-20-8-6-17(7-9-20)25(35)33(40-26(36)27(28,29)30)23(13-24(34)32-37)18-10-11-38-14-18/h2-12,14,23,37H,13,15H2,1H3,(H,32,34). The van der Waals surface area contributed by atoms with Gasteiger partial charge in [0.1, 0.15) is 18.4 Å². The lowest BCUT2D eigenvalue weighted by atomic mass is 10.1. The van der Waals surface area contributed by atoms with Crippen LogP contribution in [-0.2, 0) is 21.0 Å². The highest BCUT2D eigenvalue weighted by molar-refractivity contribution is 5.95. The molecule has 2 N–H and O–H groups in total. The number of aryl methyl sites for hydroxylation is 1. The minimum atomic E-state index is -5.44. The van der Waals surface area contributed by atoms with Crippen LogP contribution in [0.3, 0.4) is 0 Å². The Morgan fingerprint density at radius 1 is 1.10 bits per heavy atom. The van der Waals surface area contributed by atoms with Gasteiger partial charge in [-0.15, -0.1) is 0 Å². The molecule has 1 unspecified atom stereocenters. The third kappa shape index (κ3) is 6.56. The van der Waals surface area contributed by atoms with Gasteiger partial charge in [-0.3, -0.25) is 19.8 Å². The molecule has 0 radical (unpaired) electrons. The Kier molecular flexibility index (Phi) is 8.34. The van der Waals surface area contributed by atoms with Gasteiger partial charge in [-0.1, -0.05) is 18.2 Å². The van der Waals surface area contributed by atoms with Gasteiger partial charge in [0, 0.05) is 27.8 Å². The summed E-state index contributed by atoms with van der Waals surface area (Å²) in [6.07, 6.45) is -4.00. The maximum atomic E-state index is 13.3. The van der Waals surface area contributed by atoms with Crippen LogP contribution in [0.1, 0.15) is 39.6 Å². The number of carbonyl (C=O) groups is 3. The predicted octanol–water partition coefficient (Wildman–Crippen LogP) is 4.81. The summed E-state index contributed by atoms with van der Waals surface area (Å²) in [6.45, 7) is 2.03. The molecule has 0 saturated carbocycles. The van der Waals surface area contributed by atoms with Crippen LogP contribution < -0.4 is 10.2 Å². The number of alkyl halides is 3. The highest BCUT2D eigenvalue weighted by atomic mass is 19.4. The molecule has 2 aromatic heterocycles. The molecule has 40 heavy (non-hydrogen) atoms. The van der Waals surface area contributed by atoms with Gasteiger partial charge in [0.2, 0.25) is 5.91 Å². The fourth-order valence-corrected chi connectivity index (χ4v) is 3.91. The van der Waals surface area contributed by atoms with E-state index in [-0.39, 0.29) is 22.8 Å². The van der Waals surface area contributed by atoms with Crippen LogP contribution in [0.15, 0.2) is 77.6 Å². The van der Waals surface area contributed by atoms with Crippen molar-refractivity contribution in [1.29, 1.82) is 0 Å². The average Bonchev–Trinajstić information content (AvgIpc) is 3.47. The lowest BCUT2D eigenvalue weighted by Gasteiger charge is -2.29. The molecule has 4 aromatic rings. The average molecular weight is 557 g/mol. The second-order valence-corrected chi connectivity index (χ2v) is 8.57. The number of pyridine rings is 1. The Hall–Kier alpha value is -4.91. The molecule has 4 rings (SSSR count). The number of rotatable bonds is 8. The number of nitrogens with one attached hydrogen (secondary N) is 1. The zero-order chi connectivity index (χ0) is 28.9. The summed E-state index contributed by atoms with van der Waals surface area (Å²) in [5.41, 5.74) is 3.67. The molecule has 0 aliphatic carbocycles. The van der Waals surface area contributed by atoms with Crippen molar-refractivity contribution in [3.05, 3.63) is 95.6 Å². The van der Waals surface area contributed by atoms with E-state index in [1.165, 1.54) is 35.8 Å². The smallest absolute Gasteiger partial charge is 0.489 e. The van der Waals surface area contributed by atoms with Gasteiger partial charge in [-0.25, -0.2) is 10.3 Å². The molecule has 13 heteroatoms. The van der Waals surface area contributed by atoms with Crippen molar-refractivity contribution >= 4 is 28.7 Å². The second-order valence-electron chi connectivity index (χ2n) is 8.57. The Bertz CT molecular complexity index is 1510. The van der Waals surface area contributed by atoms with Crippen molar-refractivity contribution in [2.45, 2.75) is 32.2 Å². The summed E-state index contributed by atoms with van der Waals surface area (Å²) in [5.74, 6) is -4.56. The molecular weight excluding hydrogens is 535 g/mol. The second kappa shape index (κ2) is 11.9. The zero-order valence-electron chi connectivity index (χ0n) is 20.8. The van der Waals surface area contributed by atoms with E-state index in [9.17, 15) is 27.6 Å². The first kappa shape index (κ1) is 28.1. The molecule has 2 heterocycles. The number of hydrogen-bond donors (Lipinski definition) is 2. The Labute approximate surface area is 224 Å². The summed E-state index contributed by atoms with van der Waals surface area (Å²) >= 11 is 0. The van der Waals surface area contributed by atoms with Crippen LogP contribution in [0.25, 0.3) is 10.9 Å². The van der Waals surface area contributed by atoms with E-state index in [4.69, 9.17) is 14.4 Å². The van der Waals surface area contributed by atoms with Gasteiger partial charge < -0.3 is 14.0 Å². The number of halogens is 3. The Morgan fingerprint density at radius 3 is 2.48 bits per heavy atom. The van der Waals surface area contributed by atoms with Gasteiger partial charge in [-0.2, -0.15) is 18.2 Å². The molecule has 2 aromatic carbocycles. The number of para-hydroxylation sites is 1. The van der Waals surface area contributed by atoms with Crippen LogP contribution in [-0.4, -0.2) is 39.2 Å².